The zero-order valence-corrected chi connectivity index (χ0v) is 8.57. The minimum absolute atomic E-state index is 0.126. The standard InChI is InChI=1S/C11H15NO2/c1-9(12-2)11(13)14-8-10-6-4-3-5-7-10/h3-7,9,12H,8H2,1-2H3/p+1. The molecular formula is C11H16NO2+. The van der Waals surface area contributed by atoms with Crippen molar-refractivity contribution in [3.8, 4) is 0 Å². The Morgan fingerprint density at radius 1 is 1.43 bits per heavy atom. The Morgan fingerprint density at radius 3 is 2.64 bits per heavy atom. The van der Waals surface area contributed by atoms with Crippen molar-refractivity contribution < 1.29 is 14.8 Å². The first-order valence-electron chi connectivity index (χ1n) is 4.74. The van der Waals surface area contributed by atoms with E-state index in [9.17, 15) is 4.79 Å². The van der Waals surface area contributed by atoms with E-state index in [4.69, 9.17) is 4.74 Å². The van der Waals surface area contributed by atoms with Crippen LogP contribution in [-0.2, 0) is 16.1 Å². The SMILES string of the molecule is C[NH2+]C(C)C(=O)OCc1ccccc1. The molecule has 14 heavy (non-hydrogen) atoms. The maximum Gasteiger partial charge on any atom is 0.364 e. The van der Waals surface area contributed by atoms with Crippen LogP contribution in [0.15, 0.2) is 30.3 Å². The van der Waals surface area contributed by atoms with Gasteiger partial charge in [-0.15, -0.1) is 0 Å². The summed E-state index contributed by atoms with van der Waals surface area (Å²) in [7, 11) is 1.86. The summed E-state index contributed by atoms with van der Waals surface area (Å²) in [6, 6.07) is 9.55. The molecule has 0 aliphatic heterocycles. The number of esters is 1. The van der Waals surface area contributed by atoms with Crippen molar-refractivity contribution in [2.45, 2.75) is 19.6 Å². The van der Waals surface area contributed by atoms with Crippen LogP contribution < -0.4 is 5.32 Å². The second-order valence-electron chi connectivity index (χ2n) is 3.22. The number of carbonyl (C=O) groups is 1. The molecule has 1 rings (SSSR count). The number of rotatable bonds is 4. The van der Waals surface area contributed by atoms with Crippen LogP contribution in [0.3, 0.4) is 0 Å². The fraction of sp³-hybridized carbons (Fsp3) is 0.364. The average molecular weight is 194 g/mol. The van der Waals surface area contributed by atoms with Gasteiger partial charge >= 0.3 is 5.97 Å². The fourth-order valence-corrected chi connectivity index (χ4v) is 0.996. The first-order chi connectivity index (χ1) is 6.74. The van der Waals surface area contributed by atoms with Gasteiger partial charge in [0.25, 0.3) is 0 Å². The van der Waals surface area contributed by atoms with E-state index < -0.39 is 0 Å². The summed E-state index contributed by atoms with van der Waals surface area (Å²) in [5.41, 5.74) is 1.02. The molecule has 1 aromatic rings. The lowest BCUT2D eigenvalue weighted by atomic mass is 10.2. The Balaban J connectivity index is 2.38. The Hall–Kier alpha value is -1.35. The van der Waals surface area contributed by atoms with Crippen molar-refractivity contribution in [2.24, 2.45) is 0 Å². The molecule has 1 aromatic carbocycles. The molecule has 0 fully saturated rings. The molecular weight excluding hydrogens is 178 g/mol. The molecule has 0 spiro atoms. The Labute approximate surface area is 84.1 Å². The van der Waals surface area contributed by atoms with E-state index >= 15 is 0 Å². The van der Waals surface area contributed by atoms with Gasteiger partial charge in [-0.1, -0.05) is 30.3 Å². The van der Waals surface area contributed by atoms with Gasteiger partial charge in [-0.05, 0) is 12.5 Å². The summed E-state index contributed by atoms with van der Waals surface area (Å²) in [6.07, 6.45) is 0. The van der Waals surface area contributed by atoms with Crippen LogP contribution in [0.5, 0.6) is 0 Å². The molecule has 0 amide bonds. The maximum absolute atomic E-state index is 11.3. The minimum Gasteiger partial charge on any atom is -0.456 e. The van der Waals surface area contributed by atoms with E-state index in [1.165, 1.54) is 0 Å². The Morgan fingerprint density at radius 2 is 2.07 bits per heavy atom. The molecule has 2 N–H and O–H groups in total. The van der Waals surface area contributed by atoms with Crippen molar-refractivity contribution >= 4 is 5.97 Å². The second-order valence-corrected chi connectivity index (χ2v) is 3.22. The quantitative estimate of drug-likeness (QED) is 0.701. The molecule has 3 nitrogen and oxygen atoms in total. The van der Waals surface area contributed by atoms with Crippen LogP contribution in [0.1, 0.15) is 12.5 Å². The van der Waals surface area contributed by atoms with Gasteiger partial charge in [-0.3, -0.25) is 0 Å². The summed E-state index contributed by atoms with van der Waals surface area (Å²) in [4.78, 5) is 11.3. The Kier molecular flexibility index (Phi) is 4.13. The van der Waals surface area contributed by atoms with Gasteiger partial charge in [0.1, 0.15) is 6.61 Å². The summed E-state index contributed by atoms with van der Waals surface area (Å²) < 4.78 is 5.11. The van der Waals surface area contributed by atoms with Crippen molar-refractivity contribution in [1.82, 2.24) is 0 Å². The summed E-state index contributed by atoms with van der Waals surface area (Å²) in [6.45, 7) is 2.19. The number of ether oxygens (including phenoxy) is 1. The largest absolute Gasteiger partial charge is 0.456 e. The molecule has 0 saturated carbocycles. The predicted molar refractivity (Wildman–Crippen MR) is 53.5 cm³/mol. The van der Waals surface area contributed by atoms with Crippen LogP contribution >= 0.6 is 0 Å². The highest BCUT2D eigenvalue weighted by Crippen LogP contribution is 2.00. The van der Waals surface area contributed by atoms with Gasteiger partial charge in [0.05, 0.1) is 7.05 Å². The number of carbonyl (C=O) groups excluding carboxylic acids is 1. The zero-order chi connectivity index (χ0) is 10.4. The van der Waals surface area contributed by atoms with Crippen molar-refractivity contribution in [3.63, 3.8) is 0 Å². The maximum atomic E-state index is 11.3. The van der Waals surface area contributed by atoms with E-state index in [0.29, 0.717) is 6.61 Å². The fourth-order valence-electron chi connectivity index (χ4n) is 0.996. The zero-order valence-electron chi connectivity index (χ0n) is 8.57. The van der Waals surface area contributed by atoms with Crippen LogP contribution in [-0.4, -0.2) is 19.1 Å². The molecule has 0 heterocycles. The highest BCUT2D eigenvalue weighted by atomic mass is 16.5. The van der Waals surface area contributed by atoms with Crippen LogP contribution in [0.2, 0.25) is 0 Å². The topological polar surface area (TPSA) is 42.9 Å². The van der Waals surface area contributed by atoms with Crippen molar-refractivity contribution in [1.29, 1.82) is 0 Å². The van der Waals surface area contributed by atoms with E-state index in [-0.39, 0.29) is 12.0 Å². The number of nitrogens with two attached hydrogens (primary N) is 1. The smallest absolute Gasteiger partial charge is 0.364 e. The number of benzene rings is 1. The first kappa shape index (κ1) is 10.7. The lowest BCUT2D eigenvalue weighted by molar-refractivity contribution is -0.648. The molecule has 0 aromatic heterocycles. The van der Waals surface area contributed by atoms with Crippen LogP contribution in [0.4, 0.5) is 0 Å². The van der Waals surface area contributed by atoms with E-state index in [1.54, 1.807) is 0 Å². The molecule has 1 unspecified atom stereocenters. The lowest BCUT2D eigenvalue weighted by Crippen LogP contribution is -2.87. The van der Waals surface area contributed by atoms with E-state index in [0.717, 1.165) is 5.56 Å². The monoisotopic (exact) mass is 194 g/mol. The summed E-state index contributed by atoms with van der Waals surface area (Å²) >= 11 is 0. The normalized spacial score (nSPS) is 12.1. The van der Waals surface area contributed by atoms with Gasteiger partial charge in [-0.25, -0.2) is 4.79 Å². The number of quaternary nitrogens is 1. The minimum atomic E-state index is -0.170. The van der Waals surface area contributed by atoms with Gasteiger partial charge in [-0.2, -0.15) is 0 Å². The molecule has 0 radical (unpaired) electrons. The molecule has 0 aliphatic rings. The van der Waals surface area contributed by atoms with Crippen LogP contribution in [0.25, 0.3) is 0 Å². The van der Waals surface area contributed by atoms with E-state index in [1.807, 2.05) is 49.6 Å². The summed E-state index contributed by atoms with van der Waals surface area (Å²) in [5.74, 6) is -0.170. The van der Waals surface area contributed by atoms with Crippen molar-refractivity contribution in [3.05, 3.63) is 35.9 Å². The van der Waals surface area contributed by atoms with Gasteiger partial charge < -0.3 is 10.1 Å². The third-order valence-corrected chi connectivity index (χ3v) is 2.10. The van der Waals surface area contributed by atoms with Gasteiger partial charge in [0.15, 0.2) is 6.04 Å². The van der Waals surface area contributed by atoms with Gasteiger partial charge in [0.2, 0.25) is 0 Å². The third-order valence-electron chi connectivity index (χ3n) is 2.10. The highest BCUT2D eigenvalue weighted by molar-refractivity contribution is 5.73. The van der Waals surface area contributed by atoms with Gasteiger partial charge in [0, 0.05) is 0 Å². The second kappa shape index (κ2) is 5.40. The molecule has 0 bridgehead atoms. The number of likely N-dealkylation sites (N-methyl/N-ethyl adjacent to an activating group) is 1. The highest BCUT2D eigenvalue weighted by Gasteiger charge is 2.14. The van der Waals surface area contributed by atoms with Crippen LogP contribution in [0, 0.1) is 0 Å². The third kappa shape index (κ3) is 3.18. The number of hydrogen-bond donors (Lipinski definition) is 1. The molecule has 76 valence electrons. The van der Waals surface area contributed by atoms with E-state index in [2.05, 4.69) is 0 Å². The molecule has 1 atom stereocenters. The van der Waals surface area contributed by atoms with Crippen molar-refractivity contribution in [2.75, 3.05) is 7.05 Å². The molecule has 3 heteroatoms. The molecule has 0 aliphatic carbocycles. The lowest BCUT2D eigenvalue weighted by Gasteiger charge is -2.07. The summed E-state index contributed by atoms with van der Waals surface area (Å²) in [5, 5.41) is 1.83. The number of hydrogen-bond acceptors (Lipinski definition) is 2. The molecule has 0 saturated heterocycles. The Bertz CT molecular complexity index is 285. The first-order valence-corrected chi connectivity index (χ1v) is 4.74. The average Bonchev–Trinajstić information content (AvgIpc) is 2.26. The predicted octanol–water partition coefficient (Wildman–Crippen LogP) is 0.312.